The molecule has 1 aromatic rings. The number of carbonyl (C=O) groups excluding carboxylic acids is 1. The first-order chi connectivity index (χ1) is 13.8. The molecule has 0 saturated carbocycles. The van der Waals surface area contributed by atoms with E-state index >= 15 is 0 Å². The number of likely N-dealkylation sites (tertiary alicyclic amines) is 1. The smallest absolute Gasteiger partial charge is 0.477 e. The summed E-state index contributed by atoms with van der Waals surface area (Å²) < 4.78 is 65.7. The van der Waals surface area contributed by atoms with E-state index in [1.807, 2.05) is 12.1 Å². The number of carboxylic acid groups (broad SMARTS) is 1. The molecule has 1 aromatic heterocycles. The zero-order valence-corrected chi connectivity index (χ0v) is 16.8. The van der Waals surface area contributed by atoms with Crippen LogP contribution in [0.25, 0.3) is 0 Å². The van der Waals surface area contributed by atoms with Gasteiger partial charge in [0.1, 0.15) is 11.4 Å². The summed E-state index contributed by atoms with van der Waals surface area (Å²) in [5.74, 6) is -2.82. The van der Waals surface area contributed by atoms with E-state index in [1.165, 1.54) is 0 Å². The Hall–Kier alpha value is -2.41. The second kappa shape index (κ2) is 9.16. The van der Waals surface area contributed by atoms with Gasteiger partial charge < -0.3 is 19.5 Å². The van der Waals surface area contributed by atoms with Gasteiger partial charge in [-0.15, -0.1) is 0 Å². The number of amides is 1. The Morgan fingerprint density at radius 3 is 2.50 bits per heavy atom. The van der Waals surface area contributed by atoms with E-state index in [9.17, 15) is 26.4 Å². The first-order valence-electron chi connectivity index (χ1n) is 8.76. The van der Waals surface area contributed by atoms with Gasteiger partial charge in [0.05, 0.1) is 19.7 Å². The van der Waals surface area contributed by atoms with Gasteiger partial charge in [0.15, 0.2) is 9.84 Å². The molecule has 30 heavy (non-hydrogen) atoms. The highest BCUT2D eigenvalue weighted by atomic mass is 32.2. The molecule has 0 bridgehead atoms. The van der Waals surface area contributed by atoms with Crippen molar-refractivity contribution in [3.8, 4) is 5.88 Å². The minimum atomic E-state index is -5.08. The van der Waals surface area contributed by atoms with E-state index in [-0.39, 0.29) is 11.8 Å². The minimum Gasteiger partial charge on any atom is -0.477 e. The maximum atomic E-state index is 11.9. The van der Waals surface area contributed by atoms with Crippen molar-refractivity contribution >= 4 is 21.7 Å². The number of aromatic nitrogens is 1. The molecule has 2 aliphatic heterocycles. The second-order valence-corrected chi connectivity index (χ2v) is 9.14. The number of halogens is 3. The Balaban J connectivity index is 0.000000396. The largest absolute Gasteiger partial charge is 0.490 e. The summed E-state index contributed by atoms with van der Waals surface area (Å²) in [7, 11) is -3.30. The predicted molar refractivity (Wildman–Crippen MR) is 96.5 cm³/mol. The zero-order valence-electron chi connectivity index (χ0n) is 16.0. The van der Waals surface area contributed by atoms with Gasteiger partial charge in [0.2, 0.25) is 11.8 Å². The fraction of sp³-hybridized carbons (Fsp3) is 0.588. The fourth-order valence-corrected chi connectivity index (χ4v) is 3.71. The highest BCUT2D eigenvalue weighted by Crippen LogP contribution is 2.40. The van der Waals surface area contributed by atoms with Crippen molar-refractivity contribution in [2.24, 2.45) is 5.92 Å². The summed E-state index contributed by atoms with van der Waals surface area (Å²) >= 11 is 0. The molecule has 0 aromatic carbocycles. The molecule has 1 unspecified atom stereocenters. The topological polar surface area (TPSA) is 123 Å². The van der Waals surface area contributed by atoms with Crippen molar-refractivity contribution in [3.63, 3.8) is 0 Å². The summed E-state index contributed by atoms with van der Waals surface area (Å²) in [6.45, 7) is 1.96. The van der Waals surface area contributed by atoms with Crippen molar-refractivity contribution in [1.29, 1.82) is 0 Å². The number of carbonyl (C=O) groups is 2. The molecule has 9 nitrogen and oxygen atoms in total. The van der Waals surface area contributed by atoms with Gasteiger partial charge in [-0.05, 0) is 12.5 Å². The lowest BCUT2D eigenvalue weighted by Crippen LogP contribution is -2.67. The average Bonchev–Trinajstić information content (AvgIpc) is 3.01. The van der Waals surface area contributed by atoms with E-state index in [4.69, 9.17) is 19.4 Å². The lowest BCUT2D eigenvalue weighted by Gasteiger charge is -2.50. The molecular formula is C17H21F3N2O7S. The first-order valence-corrected chi connectivity index (χ1v) is 10.8. The summed E-state index contributed by atoms with van der Waals surface area (Å²) in [6.07, 6.45) is -1.48. The van der Waals surface area contributed by atoms with Gasteiger partial charge in [-0.25, -0.2) is 18.2 Å². The fourth-order valence-electron chi connectivity index (χ4n) is 3.08. The monoisotopic (exact) mass is 454 g/mol. The highest BCUT2D eigenvalue weighted by Gasteiger charge is 2.54. The van der Waals surface area contributed by atoms with Crippen LogP contribution in [0.15, 0.2) is 24.4 Å². The van der Waals surface area contributed by atoms with Crippen LogP contribution in [0, 0.1) is 5.92 Å². The van der Waals surface area contributed by atoms with Crippen LogP contribution in [0.3, 0.4) is 0 Å². The molecule has 168 valence electrons. The molecule has 1 N–H and O–H groups in total. The normalized spacial score (nSPS) is 20.1. The van der Waals surface area contributed by atoms with Gasteiger partial charge >= 0.3 is 12.1 Å². The maximum Gasteiger partial charge on any atom is 0.490 e. The molecule has 13 heteroatoms. The molecule has 3 rings (SSSR count). The van der Waals surface area contributed by atoms with Crippen LogP contribution >= 0.6 is 0 Å². The van der Waals surface area contributed by atoms with E-state index in [2.05, 4.69) is 4.98 Å². The van der Waals surface area contributed by atoms with Gasteiger partial charge in [0.25, 0.3) is 0 Å². The van der Waals surface area contributed by atoms with Crippen molar-refractivity contribution < 1.29 is 45.8 Å². The Labute approximate surface area is 170 Å². The maximum absolute atomic E-state index is 11.9. The zero-order chi connectivity index (χ0) is 22.6. The third-order valence-electron chi connectivity index (χ3n) is 4.57. The van der Waals surface area contributed by atoms with Gasteiger partial charge in [-0.3, -0.25) is 4.79 Å². The number of rotatable bonds is 5. The molecule has 2 saturated heterocycles. The SMILES string of the molecule is CS(=O)(=O)CC(=O)N1CC2(C1)OCCC2COc1ccccn1.O=C(O)C(F)(F)F. The molecule has 2 fully saturated rings. The molecule has 1 atom stereocenters. The number of nitrogens with zero attached hydrogens (tertiary/aromatic N) is 2. The van der Waals surface area contributed by atoms with Crippen LogP contribution in [0.5, 0.6) is 5.88 Å². The molecule has 0 aliphatic carbocycles. The lowest BCUT2D eigenvalue weighted by molar-refractivity contribution is -0.192. The second-order valence-electron chi connectivity index (χ2n) is 7.00. The third kappa shape index (κ3) is 6.55. The van der Waals surface area contributed by atoms with Gasteiger partial charge in [-0.2, -0.15) is 13.2 Å². The molecule has 1 amide bonds. The van der Waals surface area contributed by atoms with Gasteiger partial charge in [-0.1, -0.05) is 6.07 Å². The van der Waals surface area contributed by atoms with Crippen LogP contribution < -0.4 is 4.74 Å². The van der Waals surface area contributed by atoms with Crippen molar-refractivity contribution in [2.45, 2.75) is 18.2 Å². The number of ether oxygens (including phenoxy) is 2. The van der Waals surface area contributed by atoms with E-state index in [1.54, 1.807) is 17.2 Å². The summed E-state index contributed by atoms with van der Waals surface area (Å²) in [5.41, 5.74) is -0.401. The average molecular weight is 454 g/mol. The van der Waals surface area contributed by atoms with Crippen molar-refractivity contribution in [2.75, 3.05) is 38.3 Å². The number of carboxylic acids is 1. The Bertz CT molecular complexity index is 856. The summed E-state index contributed by atoms with van der Waals surface area (Å²) in [6, 6.07) is 5.48. The van der Waals surface area contributed by atoms with Crippen LogP contribution in [0.1, 0.15) is 6.42 Å². The lowest BCUT2D eigenvalue weighted by atomic mass is 9.81. The summed E-state index contributed by atoms with van der Waals surface area (Å²) in [5, 5.41) is 7.12. The van der Waals surface area contributed by atoms with E-state index in [0.717, 1.165) is 12.7 Å². The Kier molecular flexibility index (Phi) is 7.29. The number of aliphatic carboxylic acids is 1. The third-order valence-corrected chi connectivity index (χ3v) is 5.34. The highest BCUT2D eigenvalue weighted by molar-refractivity contribution is 7.91. The van der Waals surface area contributed by atoms with Crippen LogP contribution in [-0.4, -0.2) is 85.4 Å². The van der Waals surface area contributed by atoms with E-state index < -0.39 is 33.3 Å². The summed E-state index contributed by atoms with van der Waals surface area (Å²) in [4.78, 5) is 26.5. The Morgan fingerprint density at radius 2 is 2.00 bits per heavy atom. The minimum absolute atomic E-state index is 0.173. The number of hydrogen-bond acceptors (Lipinski definition) is 7. The van der Waals surface area contributed by atoms with Crippen LogP contribution in [-0.2, 0) is 24.2 Å². The molecule has 0 radical (unpaired) electrons. The first kappa shape index (κ1) is 23.9. The standard InChI is InChI=1S/C15H20N2O5S.C2HF3O2/c1-23(19,20)9-14(18)17-10-15(11-17)12(5-7-22-15)8-21-13-4-2-3-6-16-13;3-2(4,5)1(6)7/h2-4,6,12H,5,7-11H2,1H3;(H,6,7). The molecule has 1 spiro atoms. The Morgan fingerprint density at radius 1 is 1.37 bits per heavy atom. The molecule has 3 heterocycles. The molecule has 2 aliphatic rings. The quantitative estimate of drug-likeness (QED) is 0.692. The van der Waals surface area contributed by atoms with E-state index in [0.29, 0.717) is 32.2 Å². The number of alkyl halides is 3. The van der Waals surface area contributed by atoms with Crippen LogP contribution in [0.2, 0.25) is 0 Å². The van der Waals surface area contributed by atoms with Crippen molar-refractivity contribution in [3.05, 3.63) is 24.4 Å². The number of sulfone groups is 1. The van der Waals surface area contributed by atoms with Crippen molar-refractivity contribution in [1.82, 2.24) is 9.88 Å². The number of hydrogen-bond donors (Lipinski definition) is 1. The predicted octanol–water partition coefficient (Wildman–Crippen LogP) is 0.756. The van der Waals surface area contributed by atoms with Gasteiger partial charge in [0, 0.05) is 31.0 Å². The van der Waals surface area contributed by atoms with Crippen LogP contribution in [0.4, 0.5) is 13.2 Å². The molecular weight excluding hydrogens is 433 g/mol. The number of pyridine rings is 1.